The highest BCUT2D eigenvalue weighted by atomic mass is 79.9. The minimum absolute atomic E-state index is 0.199. The molecule has 0 bridgehead atoms. The van der Waals surface area contributed by atoms with Gasteiger partial charge in [-0.15, -0.1) is 0 Å². The SMILES string of the molecule is CCOc1cc(/C=C2/SC(=O)N(CCOC)C2=O)cc(Br)c1OCC(=O)Nc1ccccc1. The summed E-state index contributed by atoms with van der Waals surface area (Å²) in [6, 6.07) is 12.5. The zero-order valence-electron chi connectivity index (χ0n) is 18.1. The van der Waals surface area contributed by atoms with E-state index in [1.54, 1.807) is 30.3 Å². The smallest absolute Gasteiger partial charge is 0.293 e. The molecule has 8 nitrogen and oxygen atoms in total. The predicted molar refractivity (Wildman–Crippen MR) is 130 cm³/mol. The van der Waals surface area contributed by atoms with Gasteiger partial charge < -0.3 is 19.5 Å². The summed E-state index contributed by atoms with van der Waals surface area (Å²) in [5, 5.41) is 2.42. The number of halogens is 1. The maximum Gasteiger partial charge on any atom is 0.293 e. The van der Waals surface area contributed by atoms with Crippen LogP contribution < -0.4 is 14.8 Å². The number of benzene rings is 2. The topological polar surface area (TPSA) is 94.2 Å². The number of anilines is 1. The van der Waals surface area contributed by atoms with E-state index in [2.05, 4.69) is 21.2 Å². The fourth-order valence-electron chi connectivity index (χ4n) is 2.96. The Morgan fingerprint density at radius 1 is 1.18 bits per heavy atom. The molecule has 33 heavy (non-hydrogen) atoms. The van der Waals surface area contributed by atoms with Gasteiger partial charge in [-0.2, -0.15) is 0 Å². The number of amides is 3. The van der Waals surface area contributed by atoms with Crippen LogP contribution in [0.15, 0.2) is 51.8 Å². The molecule has 0 aliphatic carbocycles. The molecule has 0 atom stereocenters. The molecule has 0 unspecified atom stereocenters. The van der Waals surface area contributed by atoms with Crippen molar-refractivity contribution in [2.45, 2.75) is 6.92 Å². The Labute approximate surface area is 204 Å². The predicted octanol–water partition coefficient (Wildman–Crippen LogP) is 4.55. The molecule has 0 spiro atoms. The minimum Gasteiger partial charge on any atom is -0.490 e. The Morgan fingerprint density at radius 3 is 2.64 bits per heavy atom. The molecule has 174 valence electrons. The van der Waals surface area contributed by atoms with E-state index in [0.29, 0.717) is 38.7 Å². The number of nitrogens with one attached hydrogen (secondary N) is 1. The van der Waals surface area contributed by atoms with Crippen LogP contribution in [0, 0.1) is 0 Å². The Bertz CT molecular complexity index is 1060. The molecule has 1 N–H and O–H groups in total. The van der Waals surface area contributed by atoms with Gasteiger partial charge in [-0.25, -0.2) is 0 Å². The molecule has 0 saturated carbocycles. The van der Waals surface area contributed by atoms with Gasteiger partial charge in [0.1, 0.15) is 0 Å². The van der Waals surface area contributed by atoms with Crippen molar-refractivity contribution in [3.05, 3.63) is 57.4 Å². The molecule has 1 heterocycles. The second kappa shape index (κ2) is 11.9. The fourth-order valence-corrected chi connectivity index (χ4v) is 4.40. The summed E-state index contributed by atoms with van der Waals surface area (Å²) in [6.07, 6.45) is 1.62. The number of imide groups is 1. The lowest BCUT2D eigenvalue weighted by Gasteiger charge is -2.15. The highest BCUT2D eigenvalue weighted by molar-refractivity contribution is 9.10. The van der Waals surface area contributed by atoms with E-state index in [1.165, 1.54) is 7.11 Å². The molecule has 1 fully saturated rings. The third kappa shape index (κ3) is 6.59. The van der Waals surface area contributed by atoms with Crippen LogP contribution in [0.2, 0.25) is 0 Å². The first-order valence-corrected chi connectivity index (χ1v) is 11.7. The van der Waals surface area contributed by atoms with E-state index in [0.717, 1.165) is 16.7 Å². The molecule has 2 aromatic rings. The van der Waals surface area contributed by atoms with Gasteiger partial charge in [-0.1, -0.05) is 18.2 Å². The van der Waals surface area contributed by atoms with Crippen LogP contribution in [0.5, 0.6) is 11.5 Å². The molecule has 10 heteroatoms. The zero-order chi connectivity index (χ0) is 23.8. The molecule has 0 aromatic heterocycles. The van der Waals surface area contributed by atoms with Gasteiger partial charge in [0.15, 0.2) is 18.1 Å². The Balaban J connectivity index is 1.75. The lowest BCUT2D eigenvalue weighted by Crippen LogP contribution is -2.31. The van der Waals surface area contributed by atoms with Gasteiger partial charge >= 0.3 is 0 Å². The van der Waals surface area contributed by atoms with Gasteiger partial charge in [0.25, 0.3) is 17.1 Å². The van der Waals surface area contributed by atoms with Crippen LogP contribution in [0.1, 0.15) is 12.5 Å². The molecule has 1 aliphatic rings. The Morgan fingerprint density at radius 2 is 1.94 bits per heavy atom. The van der Waals surface area contributed by atoms with Gasteiger partial charge in [-0.3, -0.25) is 19.3 Å². The number of hydrogen-bond acceptors (Lipinski definition) is 7. The standard InChI is InChI=1S/C23H23BrN2O6S/c1-3-31-18-12-15(13-19-22(28)26(9-10-30-2)23(29)33-19)11-17(24)21(18)32-14-20(27)25-16-7-5-4-6-8-16/h4-8,11-13H,3,9-10,14H2,1-2H3,(H,25,27)/b19-13+. The summed E-state index contributed by atoms with van der Waals surface area (Å²) < 4.78 is 16.9. The molecule has 3 rings (SSSR count). The van der Waals surface area contributed by atoms with Crippen molar-refractivity contribution in [3.63, 3.8) is 0 Å². The molecule has 2 aromatic carbocycles. The Kier molecular flexibility index (Phi) is 8.93. The number of hydrogen-bond donors (Lipinski definition) is 1. The third-order valence-electron chi connectivity index (χ3n) is 4.43. The van der Waals surface area contributed by atoms with Crippen molar-refractivity contribution in [2.24, 2.45) is 0 Å². The second-order valence-electron chi connectivity index (χ2n) is 6.79. The largest absolute Gasteiger partial charge is 0.490 e. The van der Waals surface area contributed by atoms with Crippen LogP contribution in [-0.2, 0) is 14.3 Å². The first-order valence-electron chi connectivity index (χ1n) is 10.1. The van der Waals surface area contributed by atoms with E-state index >= 15 is 0 Å². The van der Waals surface area contributed by atoms with Gasteiger partial charge in [0.05, 0.1) is 29.1 Å². The molecule has 0 radical (unpaired) electrons. The van der Waals surface area contributed by atoms with Crippen LogP contribution >= 0.6 is 27.7 Å². The molecule has 3 amide bonds. The summed E-state index contributed by atoms with van der Waals surface area (Å²) in [5.74, 6) is 0.0908. The number of ether oxygens (including phenoxy) is 3. The Hall–Kier alpha value is -2.82. The number of rotatable bonds is 10. The van der Waals surface area contributed by atoms with Gasteiger partial charge in [0, 0.05) is 12.8 Å². The summed E-state index contributed by atoms with van der Waals surface area (Å²) >= 11 is 4.33. The van der Waals surface area contributed by atoms with Crippen molar-refractivity contribution >= 4 is 56.5 Å². The summed E-state index contributed by atoms with van der Waals surface area (Å²) in [4.78, 5) is 38.4. The normalized spacial score (nSPS) is 14.6. The van der Waals surface area contributed by atoms with Gasteiger partial charge in [0.2, 0.25) is 0 Å². The van der Waals surface area contributed by atoms with Crippen LogP contribution in [0.3, 0.4) is 0 Å². The van der Waals surface area contributed by atoms with Crippen molar-refractivity contribution < 1.29 is 28.6 Å². The number of carbonyl (C=O) groups excluding carboxylic acids is 3. The van der Waals surface area contributed by atoms with E-state index in [4.69, 9.17) is 14.2 Å². The first-order chi connectivity index (χ1) is 15.9. The zero-order valence-corrected chi connectivity index (χ0v) is 20.5. The summed E-state index contributed by atoms with van der Waals surface area (Å²) in [6.45, 7) is 2.45. The maximum absolute atomic E-state index is 12.6. The fraction of sp³-hybridized carbons (Fsp3) is 0.261. The van der Waals surface area contributed by atoms with E-state index < -0.39 is 0 Å². The van der Waals surface area contributed by atoms with Gasteiger partial charge in [-0.05, 0) is 70.5 Å². The lowest BCUT2D eigenvalue weighted by atomic mass is 10.2. The van der Waals surface area contributed by atoms with E-state index in [-0.39, 0.29) is 36.8 Å². The molecular weight excluding hydrogens is 512 g/mol. The third-order valence-corrected chi connectivity index (χ3v) is 5.92. The number of carbonyl (C=O) groups is 3. The monoisotopic (exact) mass is 534 g/mol. The number of thioether (sulfide) groups is 1. The quantitative estimate of drug-likeness (QED) is 0.447. The summed E-state index contributed by atoms with van der Waals surface area (Å²) in [7, 11) is 1.51. The lowest BCUT2D eigenvalue weighted by molar-refractivity contribution is -0.123. The average molecular weight is 535 g/mol. The van der Waals surface area contributed by atoms with Crippen molar-refractivity contribution in [3.8, 4) is 11.5 Å². The van der Waals surface area contributed by atoms with Crippen LogP contribution in [0.4, 0.5) is 10.5 Å². The molecule has 1 aliphatic heterocycles. The van der Waals surface area contributed by atoms with Crippen LogP contribution in [-0.4, -0.2) is 55.4 Å². The van der Waals surface area contributed by atoms with Crippen LogP contribution in [0.25, 0.3) is 6.08 Å². The second-order valence-corrected chi connectivity index (χ2v) is 8.64. The van der Waals surface area contributed by atoms with Crippen molar-refractivity contribution in [1.29, 1.82) is 0 Å². The summed E-state index contributed by atoms with van der Waals surface area (Å²) in [5.41, 5.74) is 1.31. The van der Waals surface area contributed by atoms with E-state index in [9.17, 15) is 14.4 Å². The number of nitrogens with zero attached hydrogens (tertiary/aromatic N) is 1. The van der Waals surface area contributed by atoms with Crippen molar-refractivity contribution in [1.82, 2.24) is 4.90 Å². The number of para-hydroxylation sites is 1. The molecule has 1 saturated heterocycles. The highest BCUT2D eigenvalue weighted by Gasteiger charge is 2.34. The highest BCUT2D eigenvalue weighted by Crippen LogP contribution is 2.39. The molecular formula is C23H23BrN2O6S. The van der Waals surface area contributed by atoms with Crippen molar-refractivity contribution in [2.75, 3.05) is 38.8 Å². The number of methoxy groups -OCH3 is 1. The minimum atomic E-state index is -0.367. The average Bonchev–Trinajstić information content (AvgIpc) is 3.05. The van der Waals surface area contributed by atoms with E-state index in [1.807, 2.05) is 25.1 Å². The first kappa shape index (κ1) is 24.8. The maximum atomic E-state index is 12.6.